The van der Waals surface area contributed by atoms with Crippen molar-refractivity contribution in [3.63, 3.8) is 0 Å². The first-order valence-corrected chi connectivity index (χ1v) is 6.03. The van der Waals surface area contributed by atoms with E-state index in [1.807, 2.05) is 16.4 Å². The minimum atomic E-state index is 0.380. The van der Waals surface area contributed by atoms with Gasteiger partial charge in [0.25, 0.3) is 0 Å². The molecule has 1 aromatic heterocycles. The number of thioether (sulfide) groups is 1. The predicted molar refractivity (Wildman–Crippen MR) is 56.4 cm³/mol. The molecule has 0 aromatic carbocycles. The van der Waals surface area contributed by atoms with Crippen molar-refractivity contribution >= 4 is 17.6 Å². The van der Waals surface area contributed by atoms with E-state index in [4.69, 9.17) is 10.5 Å². The van der Waals surface area contributed by atoms with Gasteiger partial charge in [-0.2, -0.15) is 16.9 Å². The summed E-state index contributed by atoms with van der Waals surface area (Å²) in [7, 11) is 0. The van der Waals surface area contributed by atoms with Crippen molar-refractivity contribution in [3.05, 3.63) is 11.3 Å². The Bertz CT molecular complexity index is 359. The molecule has 1 aromatic rings. The van der Waals surface area contributed by atoms with Gasteiger partial charge in [-0.1, -0.05) is 0 Å². The largest absolute Gasteiger partial charge is 0.384 e. The second-order valence-corrected chi connectivity index (χ2v) is 4.85. The van der Waals surface area contributed by atoms with Gasteiger partial charge >= 0.3 is 0 Å². The van der Waals surface area contributed by atoms with Crippen LogP contribution in [0.15, 0.2) is 0 Å². The van der Waals surface area contributed by atoms with E-state index < -0.39 is 0 Å². The number of aromatic nitrogens is 2. The van der Waals surface area contributed by atoms with Crippen molar-refractivity contribution in [1.82, 2.24) is 9.78 Å². The number of nitrogen functional groups attached to an aromatic ring is 1. The Morgan fingerprint density at radius 3 is 3.00 bits per heavy atom. The van der Waals surface area contributed by atoms with Crippen molar-refractivity contribution in [2.45, 2.75) is 18.2 Å². The van der Waals surface area contributed by atoms with Crippen LogP contribution in [-0.2, 0) is 16.9 Å². The maximum absolute atomic E-state index is 6.07. The normalized spacial score (nSPS) is 21.7. The fraction of sp³-hybridized carbons (Fsp3) is 0.667. The molecule has 3 rings (SSSR count). The number of hydrogen-bond donors (Lipinski definition) is 1. The summed E-state index contributed by atoms with van der Waals surface area (Å²) in [5.41, 5.74) is 8.53. The lowest BCUT2D eigenvalue weighted by Gasteiger charge is -2.27. The first-order valence-electron chi connectivity index (χ1n) is 4.87. The third-order valence-electron chi connectivity index (χ3n) is 2.83. The van der Waals surface area contributed by atoms with Crippen LogP contribution in [0.1, 0.15) is 17.3 Å². The van der Waals surface area contributed by atoms with Gasteiger partial charge in [-0.15, -0.1) is 0 Å². The third kappa shape index (κ3) is 1.15. The standard InChI is InChI=1S/C9H13N3OS/c10-9-7-1-2-14-5-8(7)11-12(9)6-3-13-4-6/h6H,1-5,10H2. The van der Waals surface area contributed by atoms with Crippen molar-refractivity contribution in [1.29, 1.82) is 0 Å². The summed E-state index contributed by atoms with van der Waals surface area (Å²) in [5, 5.41) is 4.56. The highest BCUT2D eigenvalue weighted by Crippen LogP contribution is 2.31. The Labute approximate surface area is 86.8 Å². The molecule has 0 spiro atoms. The average molecular weight is 211 g/mol. The highest BCUT2D eigenvalue weighted by molar-refractivity contribution is 7.98. The van der Waals surface area contributed by atoms with E-state index in [0.717, 1.165) is 31.2 Å². The summed E-state index contributed by atoms with van der Waals surface area (Å²) < 4.78 is 7.11. The van der Waals surface area contributed by atoms with E-state index in [9.17, 15) is 0 Å². The first-order chi connectivity index (χ1) is 6.86. The molecule has 0 unspecified atom stereocenters. The molecule has 3 heterocycles. The number of fused-ring (bicyclic) bond motifs is 1. The molecule has 0 aliphatic carbocycles. The van der Waals surface area contributed by atoms with E-state index in [2.05, 4.69) is 5.10 Å². The van der Waals surface area contributed by atoms with Crippen LogP contribution in [0.4, 0.5) is 5.82 Å². The van der Waals surface area contributed by atoms with Crippen molar-refractivity contribution in [3.8, 4) is 0 Å². The lowest BCUT2D eigenvalue weighted by molar-refractivity contribution is -0.0277. The zero-order valence-electron chi connectivity index (χ0n) is 7.90. The molecule has 14 heavy (non-hydrogen) atoms. The van der Waals surface area contributed by atoms with E-state index in [-0.39, 0.29) is 0 Å². The quantitative estimate of drug-likeness (QED) is 0.747. The van der Waals surface area contributed by atoms with E-state index >= 15 is 0 Å². The van der Waals surface area contributed by atoms with Crippen LogP contribution in [0.3, 0.4) is 0 Å². The van der Waals surface area contributed by atoms with Crippen molar-refractivity contribution < 1.29 is 4.74 Å². The van der Waals surface area contributed by atoms with E-state index in [1.54, 1.807) is 0 Å². The molecule has 4 nitrogen and oxygen atoms in total. The fourth-order valence-corrected chi connectivity index (χ4v) is 2.82. The molecular weight excluding hydrogens is 198 g/mol. The van der Waals surface area contributed by atoms with Crippen molar-refractivity contribution in [2.75, 3.05) is 24.7 Å². The lowest BCUT2D eigenvalue weighted by atomic mass is 10.2. The van der Waals surface area contributed by atoms with Gasteiger partial charge in [0.15, 0.2) is 0 Å². The van der Waals surface area contributed by atoms with Gasteiger partial charge in [-0.25, -0.2) is 4.68 Å². The lowest BCUT2D eigenvalue weighted by Crippen LogP contribution is -2.32. The molecule has 76 valence electrons. The minimum absolute atomic E-state index is 0.380. The van der Waals surface area contributed by atoms with Gasteiger partial charge in [-0.05, 0) is 12.2 Å². The summed E-state index contributed by atoms with van der Waals surface area (Å²) in [4.78, 5) is 0. The summed E-state index contributed by atoms with van der Waals surface area (Å²) in [6.45, 7) is 1.52. The Balaban J connectivity index is 2.00. The monoisotopic (exact) mass is 211 g/mol. The number of rotatable bonds is 1. The van der Waals surface area contributed by atoms with Crippen LogP contribution in [0.2, 0.25) is 0 Å². The molecule has 5 heteroatoms. The summed E-state index contributed by atoms with van der Waals surface area (Å²) in [5.74, 6) is 3.05. The van der Waals surface area contributed by atoms with Gasteiger partial charge in [-0.3, -0.25) is 0 Å². The first kappa shape index (κ1) is 8.61. The van der Waals surface area contributed by atoms with Crippen LogP contribution >= 0.6 is 11.8 Å². The van der Waals surface area contributed by atoms with E-state index in [0.29, 0.717) is 6.04 Å². The molecule has 0 saturated carbocycles. The van der Waals surface area contributed by atoms with Gasteiger partial charge < -0.3 is 10.5 Å². The highest BCUT2D eigenvalue weighted by atomic mass is 32.2. The smallest absolute Gasteiger partial charge is 0.125 e. The Kier molecular flexibility index (Phi) is 1.95. The average Bonchev–Trinajstić information content (AvgIpc) is 2.43. The number of hydrogen-bond acceptors (Lipinski definition) is 4. The topological polar surface area (TPSA) is 53.1 Å². The Morgan fingerprint density at radius 2 is 2.36 bits per heavy atom. The van der Waals surface area contributed by atoms with E-state index in [1.165, 1.54) is 17.0 Å². The highest BCUT2D eigenvalue weighted by Gasteiger charge is 2.27. The maximum atomic E-state index is 6.07. The molecule has 2 aliphatic rings. The number of ether oxygens (including phenoxy) is 1. The van der Waals surface area contributed by atoms with Gasteiger partial charge in [0.2, 0.25) is 0 Å². The molecule has 0 amide bonds. The summed E-state index contributed by atoms with van der Waals surface area (Å²) in [6, 6.07) is 0.380. The Hall–Kier alpha value is -0.680. The van der Waals surface area contributed by atoms with Gasteiger partial charge in [0.1, 0.15) is 11.9 Å². The minimum Gasteiger partial charge on any atom is -0.384 e. The molecule has 0 atom stereocenters. The van der Waals surface area contributed by atoms with Gasteiger partial charge in [0.05, 0.1) is 18.9 Å². The summed E-state index contributed by atoms with van der Waals surface area (Å²) in [6.07, 6.45) is 1.07. The predicted octanol–water partition coefficient (Wildman–Crippen LogP) is 0.826. The number of nitrogens with zero attached hydrogens (tertiary/aromatic N) is 2. The van der Waals surface area contributed by atoms with Crippen LogP contribution in [0, 0.1) is 0 Å². The van der Waals surface area contributed by atoms with Crippen LogP contribution in [-0.4, -0.2) is 28.7 Å². The SMILES string of the molecule is Nc1c2c(nn1C1COC1)CSCC2. The molecule has 2 N–H and O–H groups in total. The van der Waals surface area contributed by atoms with Crippen molar-refractivity contribution in [2.24, 2.45) is 0 Å². The summed E-state index contributed by atoms with van der Waals surface area (Å²) >= 11 is 1.93. The zero-order chi connectivity index (χ0) is 9.54. The fourth-order valence-electron chi connectivity index (χ4n) is 1.90. The number of nitrogens with two attached hydrogens (primary N) is 1. The second kappa shape index (κ2) is 3.17. The number of anilines is 1. The Morgan fingerprint density at radius 1 is 1.50 bits per heavy atom. The molecule has 0 bridgehead atoms. The molecule has 0 radical (unpaired) electrons. The zero-order valence-corrected chi connectivity index (χ0v) is 8.72. The van der Waals surface area contributed by atoms with Crippen LogP contribution < -0.4 is 5.73 Å². The van der Waals surface area contributed by atoms with Crippen LogP contribution in [0.5, 0.6) is 0 Å². The molecule has 2 aliphatic heterocycles. The van der Waals surface area contributed by atoms with Gasteiger partial charge in [0, 0.05) is 11.3 Å². The molecule has 1 saturated heterocycles. The molecule has 1 fully saturated rings. The molecular formula is C9H13N3OS. The second-order valence-electron chi connectivity index (χ2n) is 3.75. The van der Waals surface area contributed by atoms with Crippen LogP contribution in [0.25, 0.3) is 0 Å². The maximum Gasteiger partial charge on any atom is 0.125 e. The third-order valence-corrected chi connectivity index (χ3v) is 3.80.